The third-order valence-corrected chi connectivity index (χ3v) is 6.80. The number of aliphatic carboxylic acids is 1. The van der Waals surface area contributed by atoms with Gasteiger partial charge in [-0.05, 0) is 70.6 Å². The summed E-state index contributed by atoms with van der Waals surface area (Å²) in [5.74, 6) is -0.747. The fourth-order valence-electron chi connectivity index (χ4n) is 4.40. The predicted octanol–water partition coefficient (Wildman–Crippen LogP) is 10.8. The van der Waals surface area contributed by atoms with Crippen molar-refractivity contribution in [2.75, 3.05) is 0 Å². The zero-order valence-electron chi connectivity index (χ0n) is 25.4. The van der Waals surface area contributed by atoms with Crippen molar-refractivity contribution in [3.63, 3.8) is 0 Å². The first-order chi connectivity index (χ1) is 19.1. The Bertz CT molecular complexity index is 674. The van der Waals surface area contributed by atoms with Crippen molar-refractivity contribution in [3.05, 3.63) is 48.6 Å². The predicted molar refractivity (Wildman–Crippen MR) is 167 cm³/mol. The molecule has 0 amide bonds. The van der Waals surface area contributed by atoms with E-state index in [-0.39, 0.29) is 18.5 Å². The summed E-state index contributed by atoms with van der Waals surface area (Å²) in [7, 11) is 0. The van der Waals surface area contributed by atoms with E-state index in [1.807, 2.05) is 0 Å². The maximum atomic E-state index is 12.4. The topological polar surface area (TPSA) is 63.6 Å². The largest absolute Gasteiger partial charge is 0.481 e. The lowest BCUT2D eigenvalue weighted by molar-refractivity contribution is -0.150. The summed E-state index contributed by atoms with van der Waals surface area (Å²) < 4.78 is 5.82. The highest BCUT2D eigenvalue weighted by Crippen LogP contribution is 2.17. The molecule has 0 aromatic carbocycles. The monoisotopic (exact) mass is 544 g/mol. The molecule has 1 unspecified atom stereocenters. The van der Waals surface area contributed by atoms with E-state index in [9.17, 15) is 9.59 Å². The van der Waals surface area contributed by atoms with Gasteiger partial charge in [-0.2, -0.15) is 0 Å². The van der Waals surface area contributed by atoms with Gasteiger partial charge in [-0.25, -0.2) is 0 Å². The first-order valence-corrected chi connectivity index (χ1v) is 16.1. The van der Waals surface area contributed by atoms with Gasteiger partial charge in [0.25, 0.3) is 0 Å². The number of carboxylic acids is 1. The Balaban J connectivity index is 3.84. The summed E-state index contributed by atoms with van der Waals surface area (Å²) in [4.78, 5) is 22.9. The van der Waals surface area contributed by atoms with E-state index < -0.39 is 5.97 Å². The normalized spacial score (nSPS) is 12.9. The number of esters is 1. The maximum absolute atomic E-state index is 12.4. The number of allylic oxidation sites excluding steroid dienone is 8. The quantitative estimate of drug-likeness (QED) is 0.0604. The van der Waals surface area contributed by atoms with Gasteiger partial charge >= 0.3 is 11.9 Å². The molecule has 0 bridgehead atoms. The van der Waals surface area contributed by atoms with Crippen LogP contribution in [0.1, 0.15) is 155 Å². The molecule has 0 aliphatic rings. The number of rotatable bonds is 28. The second kappa shape index (κ2) is 30.4. The molecular formula is C35H60O4. The van der Waals surface area contributed by atoms with Crippen LogP contribution in [0.2, 0.25) is 0 Å². The van der Waals surface area contributed by atoms with Crippen LogP contribution in [0, 0.1) is 0 Å². The van der Waals surface area contributed by atoms with Crippen LogP contribution in [0.15, 0.2) is 48.6 Å². The molecule has 0 heterocycles. The Morgan fingerprint density at radius 1 is 0.564 bits per heavy atom. The van der Waals surface area contributed by atoms with Gasteiger partial charge in [-0.3, -0.25) is 9.59 Å². The lowest BCUT2D eigenvalue weighted by atomic mass is 10.0. The van der Waals surface area contributed by atoms with E-state index in [1.54, 1.807) is 0 Å². The van der Waals surface area contributed by atoms with E-state index in [0.29, 0.717) is 6.42 Å². The lowest BCUT2D eigenvalue weighted by Crippen LogP contribution is -2.18. The van der Waals surface area contributed by atoms with Crippen molar-refractivity contribution in [1.82, 2.24) is 0 Å². The molecule has 4 heteroatoms. The van der Waals surface area contributed by atoms with E-state index in [0.717, 1.165) is 96.3 Å². The number of carbonyl (C=O) groups excluding carboxylic acids is 1. The van der Waals surface area contributed by atoms with Crippen molar-refractivity contribution in [2.24, 2.45) is 0 Å². The van der Waals surface area contributed by atoms with Crippen LogP contribution >= 0.6 is 0 Å². The molecular weight excluding hydrogens is 484 g/mol. The minimum Gasteiger partial charge on any atom is -0.481 e. The first kappa shape index (κ1) is 36.9. The lowest BCUT2D eigenvalue weighted by Gasteiger charge is -2.17. The minimum atomic E-state index is -0.696. The molecule has 0 spiro atoms. The number of carboxylic acid groups (broad SMARTS) is 1. The molecule has 0 aromatic heterocycles. The van der Waals surface area contributed by atoms with Gasteiger partial charge in [0.15, 0.2) is 0 Å². The number of ether oxygens (including phenoxy) is 1. The van der Waals surface area contributed by atoms with Crippen LogP contribution in [-0.4, -0.2) is 23.1 Å². The minimum absolute atomic E-state index is 0.0505. The van der Waals surface area contributed by atoms with Gasteiger partial charge in [0.2, 0.25) is 0 Å². The Hall–Kier alpha value is -2.10. The molecule has 39 heavy (non-hydrogen) atoms. The molecule has 224 valence electrons. The van der Waals surface area contributed by atoms with Crippen molar-refractivity contribution in [1.29, 1.82) is 0 Å². The zero-order chi connectivity index (χ0) is 28.7. The van der Waals surface area contributed by atoms with Crippen LogP contribution in [-0.2, 0) is 14.3 Å². The first-order valence-electron chi connectivity index (χ1n) is 16.1. The number of unbranched alkanes of at least 4 members (excludes halogenated alkanes) is 11. The van der Waals surface area contributed by atoms with E-state index in [2.05, 4.69) is 62.5 Å². The van der Waals surface area contributed by atoms with E-state index in [1.165, 1.54) is 32.1 Å². The number of carbonyl (C=O) groups is 2. The van der Waals surface area contributed by atoms with E-state index in [4.69, 9.17) is 9.84 Å². The molecule has 0 aliphatic heterocycles. The second-order valence-electron chi connectivity index (χ2n) is 10.6. The third-order valence-electron chi connectivity index (χ3n) is 6.80. The van der Waals surface area contributed by atoms with Gasteiger partial charge < -0.3 is 9.84 Å². The molecule has 0 fully saturated rings. The number of hydrogen-bond donors (Lipinski definition) is 1. The summed E-state index contributed by atoms with van der Waals surface area (Å²) in [6, 6.07) is 0. The van der Waals surface area contributed by atoms with Gasteiger partial charge in [0.1, 0.15) is 6.10 Å². The Kier molecular flexibility index (Phi) is 28.8. The summed E-state index contributed by atoms with van der Waals surface area (Å²) in [5.41, 5.74) is 0. The van der Waals surface area contributed by atoms with Crippen LogP contribution in [0.25, 0.3) is 0 Å². The van der Waals surface area contributed by atoms with Crippen molar-refractivity contribution in [2.45, 2.75) is 161 Å². The molecule has 0 saturated carbocycles. The van der Waals surface area contributed by atoms with Gasteiger partial charge in [-0.15, -0.1) is 0 Å². The highest BCUT2D eigenvalue weighted by Gasteiger charge is 2.13. The van der Waals surface area contributed by atoms with Crippen molar-refractivity contribution in [3.8, 4) is 0 Å². The second-order valence-corrected chi connectivity index (χ2v) is 10.6. The Labute approximate surface area is 241 Å². The molecule has 1 N–H and O–H groups in total. The molecule has 4 nitrogen and oxygen atoms in total. The summed E-state index contributed by atoms with van der Waals surface area (Å²) in [6.07, 6.45) is 40.1. The summed E-state index contributed by atoms with van der Waals surface area (Å²) in [5, 5.41) is 8.68. The fourth-order valence-corrected chi connectivity index (χ4v) is 4.40. The maximum Gasteiger partial charge on any atom is 0.306 e. The Morgan fingerprint density at radius 2 is 1.05 bits per heavy atom. The van der Waals surface area contributed by atoms with Crippen LogP contribution in [0.3, 0.4) is 0 Å². The SMILES string of the molecule is CCCCC/C=C\C/C=C\C/C=C\C/C=C\CCCC(=O)OC(CCCC)CCCCCCCCCC(=O)O. The van der Waals surface area contributed by atoms with Crippen LogP contribution < -0.4 is 0 Å². The molecule has 0 rings (SSSR count). The average Bonchev–Trinajstić information content (AvgIpc) is 2.92. The molecule has 1 atom stereocenters. The number of hydrogen-bond acceptors (Lipinski definition) is 3. The molecule has 0 aromatic rings. The van der Waals surface area contributed by atoms with E-state index >= 15 is 0 Å². The van der Waals surface area contributed by atoms with Gasteiger partial charge in [0.05, 0.1) is 0 Å². The highest BCUT2D eigenvalue weighted by molar-refractivity contribution is 5.69. The van der Waals surface area contributed by atoms with Crippen LogP contribution in [0.5, 0.6) is 0 Å². The summed E-state index contributed by atoms with van der Waals surface area (Å²) >= 11 is 0. The standard InChI is InChI=1S/C35H60O4/c1-3-5-7-8-9-10-11-12-13-14-15-16-17-18-22-25-28-32-35(38)39-33(29-6-4-2)30-26-23-20-19-21-24-27-31-34(36)37/h9-10,12-13,15-16,18,22,33H,3-8,11,14,17,19-21,23-32H2,1-2H3,(H,36,37)/b10-9-,13-12-,16-15-,22-18-. The van der Waals surface area contributed by atoms with Gasteiger partial charge in [0, 0.05) is 12.8 Å². The molecule has 0 radical (unpaired) electrons. The van der Waals surface area contributed by atoms with Crippen LogP contribution in [0.4, 0.5) is 0 Å². The van der Waals surface area contributed by atoms with Crippen molar-refractivity contribution < 1.29 is 19.4 Å². The van der Waals surface area contributed by atoms with Gasteiger partial charge in [-0.1, -0.05) is 120 Å². The zero-order valence-corrected chi connectivity index (χ0v) is 25.4. The molecule has 0 aliphatic carbocycles. The highest BCUT2D eigenvalue weighted by atomic mass is 16.5. The smallest absolute Gasteiger partial charge is 0.306 e. The average molecular weight is 545 g/mol. The Morgan fingerprint density at radius 3 is 1.62 bits per heavy atom. The molecule has 0 saturated heterocycles. The van der Waals surface area contributed by atoms with Crippen molar-refractivity contribution >= 4 is 11.9 Å². The third kappa shape index (κ3) is 30.3. The fraction of sp³-hybridized carbons (Fsp3) is 0.714. The summed E-state index contributed by atoms with van der Waals surface area (Å²) in [6.45, 7) is 4.42.